The molecule has 5 nitrogen and oxygen atoms in total. The number of halogens is 1. The Hall–Kier alpha value is -2.66. The van der Waals surface area contributed by atoms with Gasteiger partial charge in [0, 0.05) is 0 Å². The van der Waals surface area contributed by atoms with E-state index < -0.39 is 13.7 Å². The molecule has 204 valence electrons. The third-order valence-corrected chi connectivity index (χ3v) is 8.66. The summed E-state index contributed by atoms with van der Waals surface area (Å²) >= 11 is 0. The summed E-state index contributed by atoms with van der Waals surface area (Å²) in [7, 11) is -3.60. The predicted octanol–water partition coefficient (Wildman–Crippen LogP) is 8.74. The molecule has 1 fully saturated rings. The Bertz CT molecular complexity index is 1280. The van der Waals surface area contributed by atoms with Gasteiger partial charge in [-0.15, -0.1) is 0 Å². The molecule has 0 aromatic heterocycles. The molecule has 0 radical (unpaired) electrons. The predicted molar refractivity (Wildman–Crippen MR) is 149 cm³/mol. The highest BCUT2D eigenvalue weighted by molar-refractivity contribution is 7.53. The average molecular weight is 541 g/mol. The van der Waals surface area contributed by atoms with Crippen LogP contribution in [-0.2, 0) is 20.0 Å². The molecule has 1 heterocycles. The van der Waals surface area contributed by atoms with Crippen LogP contribution >= 0.6 is 7.60 Å². The third-order valence-electron chi connectivity index (χ3n) is 7.06. The second kappa shape index (κ2) is 12.5. The van der Waals surface area contributed by atoms with Crippen LogP contribution in [0, 0.1) is 19.7 Å². The molecular formula is C31H38FO5P. The molecule has 2 atom stereocenters. The van der Waals surface area contributed by atoms with Crippen molar-refractivity contribution in [2.75, 3.05) is 13.0 Å². The van der Waals surface area contributed by atoms with Crippen LogP contribution < -0.4 is 4.74 Å². The van der Waals surface area contributed by atoms with Gasteiger partial charge in [-0.3, -0.25) is 9.09 Å². The van der Waals surface area contributed by atoms with Gasteiger partial charge >= 0.3 is 7.60 Å². The number of rotatable bonds is 7. The maximum absolute atomic E-state index is 13.9. The van der Waals surface area contributed by atoms with E-state index in [1.165, 1.54) is 17.7 Å². The highest BCUT2D eigenvalue weighted by Gasteiger charge is 2.32. The zero-order valence-electron chi connectivity index (χ0n) is 22.7. The van der Waals surface area contributed by atoms with Crippen molar-refractivity contribution >= 4 is 7.60 Å². The molecular weight excluding hydrogens is 502 g/mol. The number of aromatic hydroxyl groups is 1. The quantitative estimate of drug-likeness (QED) is 0.304. The molecule has 4 rings (SSSR count). The van der Waals surface area contributed by atoms with Crippen molar-refractivity contribution in [3.63, 3.8) is 0 Å². The molecule has 1 aliphatic rings. The molecule has 7 heteroatoms. The van der Waals surface area contributed by atoms with E-state index in [-0.39, 0.29) is 18.1 Å². The fourth-order valence-corrected chi connectivity index (χ4v) is 6.47. The molecule has 38 heavy (non-hydrogen) atoms. The van der Waals surface area contributed by atoms with Crippen LogP contribution in [0.2, 0.25) is 0 Å². The van der Waals surface area contributed by atoms with Gasteiger partial charge in [-0.1, -0.05) is 51.0 Å². The number of hydrogen-bond donors (Lipinski definition) is 1. The molecule has 3 aromatic carbocycles. The van der Waals surface area contributed by atoms with Gasteiger partial charge in [0.1, 0.15) is 17.3 Å². The summed E-state index contributed by atoms with van der Waals surface area (Å²) in [6.45, 7) is 8.54. The minimum atomic E-state index is -3.60. The summed E-state index contributed by atoms with van der Waals surface area (Å²) in [4.78, 5) is 0. The van der Waals surface area contributed by atoms with Gasteiger partial charge in [-0.05, 0) is 103 Å². The minimum Gasteiger partial charge on any atom is -0.508 e. The Kier molecular flexibility index (Phi) is 9.30. The summed E-state index contributed by atoms with van der Waals surface area (Å²) < 4.78 is 45.4. The normalized spacial score (nSPS) is 20.5. The van der Waals surface area contributed by atoms with Crippen molar-refractivity contribution in [2.45, 2.75) is 71.8 Å². The summed E-state index contributed by atoms with van der Waals surface area (Å²) in [5, 5.41) is 10.2. The Morgan fingerprint density at radius 3 is 2.53 bits per heavy atom. The molecule has 3 aromatic rings. The first-order valence-electron chi connectivity index (χ1n) is 13.4. The smallest absolute Gasteiger partial charge is 0.368 e. The van der Waals surface area contributed by atoms with Crippen molar-refractivity contribution < 1.29 is 27.8 Å². The number of ether oxygens (including phenoxy) is 1. The Balaban J connectivity index is 1.50. The molecule has 0 spiro atoms. The van der Waals surface area contributed by atoms with Gasteiger partial charge in [0.15, 0.2) is 6.35 Å². The van der Waals surface area contributed by atoms with Crippen molar-refractivity contribution in [3.05, 3.63) is 93.8 Å². The maximum atomic E-state index is 13.9. The SMILES string of the molecule is Cc1cc(OCP2(=O)OCCCCCC(c3cccc(F)c3)O2)cc(C)c1Cc1ccc(O)c(C(C)C)c1. The lowest BCUT2D eigenvalue weighted by Gasteiger charge is -2.24. The van der Waals surface area contributed by atoms with Crippen molar-refractivity contribution in [3.8, 4) is 11.5 Å². The first-order chi connectivity index (χ1) is 18.1. The van der Waals surface area contributed by atoms with Crippen molar-refractivity contribution in [2.24, 2.45) is 0 Å². The van der Waals surface area contributed by atoms with E-state index in [1.54, 1.807) is 18.2 Å². The van der Waals surface area contributed by atoms with E-state index in [4.69, 9.17) is 13.8 Å². The van der Waals surface area contributed by atoms with Gasteiger partial charge < -0.3 is 14.4 Å². The molecule has 0 amide bonds. The number of phenolic OH excluding ortho intramolecular Hbond substituents is 1. The largest absolute Gasteiger partial charge is 0.508 e. The van der Waals surface area contributed by atoms with E-state index in [9.17, 15) is 14.1 Å². The van der Waals surface area contributed by atoms with E-state index in [1.807, 2.05) is 32.0 Å². The molecule has 2 unspecified atom stereocenters. The van der Waals surface area contributed by atoms with Crippen LogP contribution in [0.1, 0.15) is 84.9 Å². The highest BCUT2D eigenvalue weighted by Crippen LogP contribution is 2.54. The summed E-state index contributed by atoms with van der Waals surface area (Å²) in [6.07, 6.45) is 3.22. The van der Waals surface area contributed by atoms with Gasteiger partial charge in [0.05, 0.1) is 12.7 Å². The van der Waals surface area contributed by atoms with E-state index in [0.717, 1.165) is 47.9 Å². The van der Waals surface area contributed by atoms with Crippen LogP contribution in [0.3, 0.4) is 0 Å². The zero-order chi connectivity index (χ0) is 27.3. The Labute approximate surface area is 225 Å². The van der Waals surface area contributed by atoms with Crippen LogP contribution in [-0.4, -0.2) is 18.1 Å². The van der Waals surface area contributed by atoms with E-state index >= 15 is 0 Å². The van der Waals surface area contributed by atoms with Crippen LogP contribution in [0.15, 0.2) is 54.6 Å². The third kappa shape index (κ3) is 7.25. The Morgan fingerprint density at radius 2 is 1.82 bits per heavy atom. The van der Waals surface area contributed by atoms with Gasteiger partial charge in [0.25, 0.3) is 0 Å². The zero-order valence-corrected chi connectivity index (χ0v) is 23.6. The molecule has 1 aliphatic heterocycles. The summed E-state index contributed by atoms with van der Waals surface area (Å²) in [5.41, 5.74) is 6.03. The molecule has 1 N–H and O–H groups in total. The van der Waals surface area contributed by atoms with Crippen molar-refractivity contribution in [1.82, 2.24) is 0 Å². The summed E-state index contributed by atoms with van der Waals surface area (Å²) in [6, 6.07) is 15.9. The van der Waals surface area contributed by atoms with Gasteiger partial charge in [-0.2, -0.15) is 0 Å². The first-order valence-corrected chi connectivity index (χ1v) is 15.1. The molecule has 1 saturated heterocycles. The minimum absolute atomic E-state index is 0.216. The van der Waals surface area contributed by atoms with Crippen molar-refractivity contribution in [1.29, 1.82) is 0 Å². The maximum Gasteiger partial charge on any atom is 0.368 e. The molecule has 0 bridgehead atoms. The summed E-state index contributed by atoms with van der Waals surface area (Å²) in [5.74, 6) is 0.807. The topological polar surface area (TPSA) is 65.0 Å². The molecule has 0 aliphatic carbocycles. The highest BCUT2D eigenvalue weighted by atomic mass is 31.2. The van der Waals surface area contributed by atoms with Crippen LogP contribution in [0.5, 0.6) is 11.5 Å². The van der Waals surface area contributed by atoms with Crippen LogP contribution in [0.4, 0.5) is 4.39 Å². The van der Waals surface area contributed by atoms with E-state index in [2.05, 4.69) is 19.9 Å². The first kappa shape index (κ1) is 28.4. The monoisotopic (exact) mass is 540 g/mol. The molecule has 0 saturated carbocycles. The fourth-order valence-electron chi connectivity index (χ4n) is 4.94. The second-order valence-electron chi connectivity index (χ2n) is 10.5. The lowest BCUT2D eigenvalue weighted by atomic mass is 9.93. The van der Waals surface area contributed by atoms with Crippen LogP contribution in [0.25, 0.3) is 0 Å². The Morgan fingerprint density at radius 1 is 1.05 bits per heavy atom. The van der Waals surface area contributed by atoms with Gasteiger partial charge in [-0.25, -0.2) is 4.39 Å². The van der Waals surface area contributed by atoms with Gasteiger partial charge in [0.2, 0.25) is 0 Å². The lowest BCUT2D eigenvalue weighted by molar-refractivity contribution is 0.134. The standard InChI is InChI=1S/C31H38FO5P/c1-21(2)28-17-24(12-13-30(28)33)18-29-22(3)15-27(16-23(29)4)35-20-38(34)36-14-7-5-6-11-31(37-38)25-9-8-10-26(32)19-25/h8-10,12-13,15-17,19,21,31,33H,5-7,11,14,18,20H2,1-4H3. The number of benzene rings is 3. The number of hydrogen-bond acceptors (Lipinski definition) is 5. The fraction of sp³-hybridized carbons (Fsp3) is 0.419. The second-order valence-corrected chi connectivity index (χ2v) is 12.4. The average Bonchev–Trinajstić information content (AvgIpc) is 2.96. The van der Waals surface area contributed by atoms with E-state index in [0.29, 0.717) is 30.1 Å². The number of phenols is 1. The number of aryl methyl sites for hydroxylation is 2. The lowest BCUT2D eigenvalue weighted by Crippen LogP contribution is -2.10.